The maximum Gasteiger partial charge on any atom is 0.410 e. The van der Waals surface area contributed by atoms with Gasteiger partial charge in [0.25, 0.3) is 0 Å². The molecule has 0 aromatic heterocycles. The molecule has 10 nitrogen and oxygen atoms in total. The maximum absolute atomic E-state index is 14.0. The number of nitrogens with zero attached hydrogens (tertiary/aromatic N) is 2. The fraction of sp³-hybridized carbons (Fsp3) is 0.636. The summed E-state index contributed by atoms with van der Waals surface area (Å²) in [6.45, 7) is 6.73. The number of cyclic esters (lactones) is 1. The van der Waals surface area contributed by atoms with Crippen LogP contribution in [0.2, 0.25) is 0 Å². The van der Waals surface area contributed by atoms with Gasteiger partial charge in [0.2, 0.25) is 5.91 Å². The predicted molar refractivity (Wildman–Crippen MR) is 160 cm³/mol. The molecule has 1 aromatic carbocycles. The smallest absolute Gasteiger partial charge is 0.410 e. The minimum absolute atomic E-state index is 0.0194. The summed E-state index contributed by atoms with van der Waals surface area (Å²) < 4.78 is 16.7. The Morgan fingerprint density at radius 3 is 2.56 bits per heavy atom. The summed E-state index contributed by atoms with van der Waals surface area (Å²) in [5, 5.41) is 2.81. The molecule has 3 heterocycles. The van der Waals surface area contributed by atoms with E-state index in [1.165, 1.54) is 18.4 Å². The number of ether oxygens (including phenoxy) is 3. The maximum atomic E-state index is 14.0. The monoisotopic (exact) mass is 595 g/mol. The standard InChI is InChI=1S/C33H45N3O7/c1-32(2,3)27-28(37)36-19-24(17-26(36)29(38)41-4)43-31(40)35-18-23-13-10-12-22(25(23)20-35)11-6-9-16-33(14-7-5-8-15-33)21-42-30(39)34-27/h6,10-13,24,26-27H,5,7-9,14-21H2,1-4H3,(H,34,39)/b11-6+/t24-,26+,27-/m1/s1. The Labute approximate surface area is 254 Å². The molecule has 1 aromatic rings. The Bertz CT molecular complexity index is 1260. The van der Waals surface area contributed by atoms with Gasteiger partial charge in [0.1, 0.15) is 18.2 Å². The van der Waals surface area contributed by atoms with Crippen molar-refractivity contribution < 1.29 is 33.4 Å². The van der Waals surface area contributed by atoms with Crippen molar-refractivity contribution in [3.05, 3.63) is 41.0 Å². The third-order valence-electron chi connectivity index (χ3n) is 9.50. The summed E-state index contributed by atoms with van der Waals surface area (Å²) in [4.78, 5) is 56.3. The van der Waals surface area contributed by atoms with E-state index < -0.39 is 47.7 Å². The van der Waals surface area contributed by atoms with Crippen LogP contribution in [0.25, 0.3) is 6.08 Å². The fourth-order valence-electron chi connectivity index (χ4n) is 7.00. The molecular weight excluding hydrogens is 550 g/mol. The lowest BCUT2D eigenvalue weighted by Gasteiger charge is -2.37. The van der Waals surface area contributed by atoms with E-state index in [0.29, 0.717) is 19.7 Å². The Kier molecular flexibility index (Phi) is 9.04. The van der Waals surface area contributed by atoms with Crippen LogP contribution in [0.1, 0.15) is 88.8 Å². The molecule has 234 valence electrons. The van der Waals surface area contributed by atoms with Crippen molar-refractivity contribution >= 4 is 30.1 Å². The van der Waals surface area contributed by atoms with Crippen molar-refractivity contribution in [1.29, 1.82) is 0 Å². The highest BCUT2D eigenvalue weighted by molar-refractivity contribution is 5.91. The molecule has 0 radical (unpaired) electrons. The summed E-state index contributed by atoms with van der Waals surface area (Å²) in [6.07, 6.45) is 9.67. The number of fused-ring (bicyclic) bond motifs is 3. The molecule has 2 fully saturated rings. The second kappa shape index (κ2) is 12.6. The molecule has 5 rings (SSSR count). The van der Waals surface area contributed by atoms with Gasteiger partial charge in [-0.25, -0.2) is 14.4 Å². The third kappa shape index (κ3) is 6.83. The molecule has 3 amide bonds. The van der Waals surface area contributed by atoms with Crippen LogP contribution in [0, 0.1) is 10.8 Å². The number of nitrogens with one attached hydrogen (secondary N) is 1. The lowest BCUT2D eigenvalue weighted by atomic mass is 9.71. The average Bonchev–Trinajstić information content (AvgIpc) is 3.61. The van der Waals surface area contributed by atoms with Crippen LogP contribution in [0.3, 0.4) is 0 Å². The predicted octanol–water partition coefficient (Wildman–Crippen LogP) is 5.18. The van der Waals surface area contributed by atoms with Gasteiger partial charge in [-0.15, -0.1) is 0 Å². The van der Waals surface area contributed by atoms with E-state index in [0.717, 1.165) is 55.2 Å². The van der Waals surface area contributed by atoms with Gasteiger partial charge in [-0.1, -0.05) is 70.4 Å². The number of benzene rings is 1. The third-order valence-corrected chi connectivity index (χ3v) is 9.50. The van der Waals surface area contributed by atoms with Crippen LogP contribution >= 0.6 is 0 Å². The highest BCUT2D eigenvalue weighted by Gasteiger charge is 2.47. The number of rotatable bonds is 1. The van der Waals surface area contributed by atoms with Crippen LogP contribution in [-0.2, 0) is 36.9 Å². The quantitative estimate of drug-likeness (QED) is 0.352. The van der Waals surface area contributed by atoms with E-state index in [1.807, 2.05) is 32.9 Å². The van der Waals surface area contributed by atoms with Gasteiger partial charge in [0, 0.05) is 18.4 Å². The number of hydrogen-bond donors (Lipinski definition) is 1. The zero-order valence-corrected chi connectivity index (χ0v) is 25.9. The molecule has 4 aliphatic rings. The molecule has 1 spiro atoms. The summed E-state index contributed by atoms with van der Waals surface area (Å²) in [5.41, 5.74) is 2.46. The second-order valence-corrected chi connectivity index (χ2v) is 13.6. The van der Waals surface area contributed by atoms with Crippen molar-refractivity contribution in [2.24, 2.45) is 10.8 Å². The molecule has 1 saturated carbocycles. The van der Waals surface area contributed by atoms with Gasteiger partial charge in [-0.05, 0) is 47.8 Å². The number of carbonyl (C=O) groups excluding carboxylic acids is 4. The van der Waals surface area contributed by atoms with E-state index in [9.17, 15) is 19.2 Å². The summed E-state index contributed by atoms with van der Waals surface area (Å²) in [7, 11) is 1.27. The zero-order valence-electron chi connectivity index (χ0n) is 25.9. The Morgan fingerprint density at radius 1 is 1.07 bits per heavy atom. The molecule has 1 N–H and O–H groups in total. The Balaban J connectivity index is 1.45. The first-order valence-corrected chi connectivity index (χ1v) is 15.5. The number of carbonyl (C=O) groups is 4. The number of alkyl carbamates (subject to hydrolysis) is 1. The van der Waals surface area contributed by atoms with E-state index >= 15 is 0 Å². The Morgan fingerprint density at radius 2 is 1.84 bits per heavy atom. The largest absolute Gasteiger partial charge is 0.467 e. The number of methoxy groups -OCH3 is 1. The number of esters is 1. The number of amides is 3. The summed E-state index contributed by atoms with van der Waals surface area (Å²) in [6, 6.07) is 4.19. The molecule has 3 aliphatic heterocycles. The molecule has 1 saturated heterocycles. The van der Waals surface area contributed by atoms with Crippen LogP contribution in [0.15, 0.2) is 24.3 Å². The van der Waals surface area contributed by atoms with Gasteiger partial charge in [-0.3, -0.25) is 9.69 Å². The minimum atomic E-state index is -0.969. The van der Waals surface area contributed by atoms with Crippen LogP contribution in [0.4, 0.5) is 9.59 Å². The summed E-state index contributed by atoms with van der Waals surface area (Å²) in [5.74, 6) is -1.03. The van der Waals surface area contributed by atoms with Crippen molar-refractivity contribution in [1.82, 2.24) is 15.1 Å². The number of hydrogen-bond acceptors (Lipinski definition) is 7. The lowest BCUT2D eigenvalue weighted by Crippen LogP contribution is -2.57. The highest BCUT2D eigenvalue weighted by Crippen LogP contribution is 2.41. The molecule has 43 heavy (non-hydrogen) atoms. The zero-order chi connectivity index (χ0) is 30.8. The van der Waals surface area contributed by atoms with Gasteiger partial charge in [0.05, 0.1) is 26.8 Å². The van der Waals surface area contributed by atoms with E-state index in [1.54, 1.807) is 4.90 Å². The average molecular weight is 596 g/mol. The van der Waals surface area contributed by atoms with Crippen molar-refractivity contribution in [3.8, 4) is 0 Å². The molecule has 0 unspecified atom stereocenters. The van der Waals surface area contributed by atoms with Crippen molar-refractivity contribution in [3.63, 3.8) is 0 Å². The molecule has 1 aliphatic carbocycles. The van der Waals surface area contributed by atoms with Gasteiger partial charge in [-0.2, -0.15) is 0 Å². The SMILES string of the molecule is COC(=O)[C@@H]1C[C@@H]2CN1C(=O)[C@H](C(C)(C)C)NC(=O)OCC1(CC/C=C/c3cccc4c3CN(C4)C(=O)O2)CCCCC1. The van der Waals surface area contributed by atoms with Crippen molar-refractivity contribution in [2.45, 2.75) is 103 Å². The summed E-state index contributed by atoms with van der Waals surface area (Å²) >= 11 is 0. The van der Waals surface area contributed by atoms with Crippen LogP contribution < -0.4 is 5.32 Å². The second-order valence-electron chi connectivity index (χ2n) is 13.6. The molecule has 4 bridgehead atoms. The molecular formula is C33H45N3O7. The first-order chi connectivity index (χ1) is 20.5. The van der Waals surface area contributed by atoms with Gasteiger partial charge < -0.3 is 24.4 Å². The topological polar surface area (TPSA) is 114 Å². The van der Waals surface area contributed by atoms with E-state index in [4.69, 9.17) is 14.2 Å². The number of allylic oxidation sites excluding steroid dienone is 1. The van der Waals surface area contributed by atoms with Gasteiger partial charge >= 0.3 is 18.2 Å². The first kappa shape index (κ1) is 30.9. The normalized spacial score (nSPS) is 27.3. The van der Waals surface area contributed by atoms with E-state index in [-0.39, 0.29) is 18.4 Å². The molecule has 10 heteroatoms. The fourth-order valence-corrected chi connectivity index (χ4v) is 7.00. The minimum Gasteiger partial charge on any atom is -0.467 e. The highest BCUT2D eigenvalue weighted by atomic mass is 16.6. The van der Waals surface area contributed by atoms with Crippen LogP contribution in [0.5, 0.6) is 0 Å². The molecule has 3 atom stereocenters. The Hall–Kier alpha value is -3.56. The first-order valence-electron chi connectivity index (χ1n) is 15.5. The lowest BCUT2D eigenvalue weighted by molar-refractivity contribution is -0.152. The van der Waals surface area contributed by atoms with Crippen molar-refractivity contribution in [2.75, 3.05) is 20.3 Å². The van der Waals surface area contributed by atoms with Gasteiger partial charge in [0.15, 0.2) is 0 Å². The van der Waals surface area contributed by atoms with Crippen LogP contribution in [-0.4, -0.2) is 72.3 Å². The van der Waals surface area contributed by atoms with E-state index in [2.05, 4.69) is 23.5 Å².